The third-order valence-corrected chi connectivity index (χ3v) is 4.52. The number of rotatable bonds is 4. The normalized spacial score (nSPS) is 15.9. The first-order valence-electron chi connectivity index (χ1n) is 5.96. The smallest absolute Gasteiger partial charge is 0.413 e. The Kier molecular flexibility index (Phi) is 6.08. The van der Waals surface area contributed by atoms with Gasteiger partial charge < -0.3 is 9.66 Å². The molecule has 0 bridgehead atoms. The lowest BCUT2D eigenvalue weighted by Crippen LogP contribution is -2.46. The van der Waals surface area contributed by atoms with Crippen molar-refractivity contribution in [2.45, 2.75) is 44.3 Å². The molecule has 21 heavy (non-hydrogen) atoms. The van der Waals surface area contributed by atoms with Gasteiger partial charge in [0.05, 0.1) is 12.3 Å². The fourth-order valence-electron chi connectivity index (χ4n) is 1.44. The van der Waals surface area contributed by atoms with Gasteiger partial charge in [0.25, 0.3) is 0 Å². The van der Waals surface area contributed by atoms with Crippen LogP contribution in [0.3, 0.4) is 0 Å². The Labute approximate surface area is 132 Å². The number of hydrogen-bond acceptors (Lipinski definition) is 4. The van der Waals surface area contributed by atoms with Gasteiger partial charge in [-0.25, -0.2) is 0 Å². The second-order valence-electron chi connectivity index (χ2n) is 5.33. The van der Waals surface area contributed by atoms with Crippen LogP contribution in [0, 0.1) is 0 Å². The van der Waals surface area contributed by atoms with E-state index in [1.807, 2.05) is 0 Å². The zero-order valence-corrected chi connectivity index (χ0v) is 14.1. The molecule has 0 radical (unpaired) electrons. The molecule has 1 unspecified atom stereocenters. The Morgan fingerprint density at radius 2 is 2.00 bits per heavy atom. The predicted octanol–water partition coefficient (Wildman–Crippen LogP) is 2.99. The summed E-state index contributed by atoms with van der Waals surface area (Å²) in [5.74, 6) is 0. The number of nitrogens with zero attached hydrogens (tertiary/aromatic N) is 1. The summed E-state index contributed by atoms with van der Waals surface area (Å²) in [4.78, 5) is 3.73. The number of aromatic nitrogens is 1. The summed E-state index contributed by atoms with van der Waals surface area (Å²) in [6.45, 7) is 4.08. The number of aliphatic hydroxyl groups is 1. The van der Waals surface area contributed by atoms with Crippen molar-refractivity contribution in [2.24, 2.45) is 0 Å². The van der Waals surface area contributed by atoms with Crippen molar-refractivity contribution >= 4 is 27.3 Å². The van der Waals surface area contributed by atoms with E-state index in [1.54, 1.807) is 20.8 Å². The summed E-state index contributed by atoms with van der Waals surface area (Å²) in [6.07, 6.45) is -3.49. The van der Waals surface area contributed by atoms with Crippen LogP contribution < -0.4 is 4.72 Å². The van der Waals surface area contributed by atoms with Crippen LogP contribution in [0.15, 0.2) is 16.7 Å². The highest BCUT2D eigenvalue weighted by Gasteiger charge is 2.47. The Bertz CT molecular complexity index is 494. The molecule has 0 aliphatic rings. The highest BCUT2D eigenvalue weighted by Crippen LogP contribution is 2.35. The molecule has 4 nitrogen and oxygen atoms in total. The summed E-state index contributed by atoms with van der Waals surface area (Å²) >= 11 is 1.15. The van der Waals surface area contributed by atoms with E-state index in [2.05, 4.69) is 25.6 Å². The highest BCUT2D eigenvalue weighted by molar-refractivity contribution is 9.10. The van der Waals surface area contributed by atoms with E-state index >= 15 is 0 Å². The zero-order valence-electron chi connectivity index (χ0n) is 11.7. The maximum absolute atomic E-state index is 13.2. The van der Waals surface area contributed by atoms with Gasteiger partial charge in [0.2, 0.25) is 0 Å². The zero-order chi connectivity index (χ0) is 16.4. The van der Waals surface area contributed by atoms with E-state index in [4.69, 9.17) is 0 Å². The van der Waals surface area contributed by atoms with Gasteiger partial charge in [-0.1, -0.05) is 0 Å². The lowest BCUT2D eigenvalue weighted by molar-refractivity contribution is -0.154. The molecule has 9 heteroatoms. The summed E-state index contributed by atoms with van der Waals surface area (Å²) in [7, 11) is 0. The van der Waals surface area contributed by atoms with Crippen LogP contribution in [-0.4, -0.2) is 25.6 Å². The largest absolute Gasteiger partial charge is 0.598 e. The van der Waals surface area contributed by atoms with Crippen molar-refractivity contribution in [3.63, 3.8) is 0 Å². The van der Waals surface area contributed by atoms with Gasteiger partial charge >= 0.3 is 6.18 Å². The van der Waals surface area contributed by atoms with Crippen LogP contribution in [0.5, 0.6) is 0 Å². The Morgan fingerprint density at radius 1 is 1.43 bits per heavy atom. The maximum Gasteiger partial charge on any atom is 0.413 e. The first-order valence-corrected chi connectivity index (χ1v) is 7.91. The van der Waals surface area contributed by atoms with Gasteiger partial charge in [0.1, 0.15) is 4.75 Å². The molecule has 120 valence electrons. The minimum atomic E-state index is -4.69. The molecule has 0 saturated heterocycles. The second-order valence-corrected chi connectivity index (χ2v) is 8.24. The number of halogens is 4. The summed E-state index contributed by atoms with van der Waals surface area (Å²) in [5, 5.41) is 9.22. The summed E-state index contributed by atoms with van der Waals surface area (Å²) < 4.78 is 53.3. The van der Waals surface area contributed by atoms with Gasteiger partial charge in [0.15, 0.2) is 6.04 Å². The fourth-order valence-corrected chi connectivity index (χ4v) is 2.63. The molecule has 0 amide bonds. The second kappa shape index (κ2) is 6.82. The number of aliphatic hydroxyl groups excluding tert-OH is 1. The van der Waals surface area contributed by atoms with E-state index in [-0.39, 0.29) is 11.3 Å². The molecular formula is C12H16BrF3N2O2S. The molecule has 2 N–H and O–H groups in total. The van der Waals surface area contributed by atoms with E-state index in [9.17, 15) is 22.8 Å². The van der Waals surface area contributed by atoms with Gasteiger partial charge in [0, 0.05) is 27.6 Å². The maximum atomic E-state index is 13.2. The summed E-state index contributed by atoms with van der Waals surface area (Å²) in [5.41, 5.74) is -0.365. The van der Waals surface area contributed by atoms with E-state index < -0.39 is 34.9 Å². The number of alkyl halides is 3. The predicted molar refractivity (Wildman–Crippen MR) is 77.7 cm³/mol. The summed E-state index contributed by atoms with van der Waals surface area (Å²) in [6, 6.07) is -0.865. The molecule has 0 aliphatic carbocycles. The van der Waals surface area contributed by atoms with Crippen LogP contribution in [0.1, 0.15) is 38.1 Å². The van der Waals surface area contributed by atoms with Crippen molar-refractivity contribution in [3.8, 4) is 0 Å². The van der Waals surface area contributed by atoms with Gasteiger partial charge in [-0.2, -0.15) is 13.2 Å². The average molecular weight is 389 g/mol. The molecule has 1 heterocycles. The lowest BCUT2D eigenvalue weighted by atomic mass is 10.1. The van der Waals surface area contributed by atoms with Crippen molar-refractivity contribution in [3.05, 3.63) is 28.0 Å². The number of pyridine rings is 1. The molecule has 1 rings (SSSR count). The van der Waals surface area contributed by atoms with Crippen molar-refractivity contribution in [2.75, 3.05) is 0 Å². The van der Waals surface area contributed by atoms with Crippen LogP contribution >= 0.6 is 15.9 Å². The van der Waals surface area contributed by atoms with Crippen molar-refractivity contribution in [1.82, 2.24) is 9.71 Å². The molecular weight excluding hydrogens is 373 g/mol. The molecule has 1 aromatic rings. The molecule has 0 saturated carbocycles. The topological polar surface area (TPSA) is 68.2 Å². The third kappa shape index (κ3) is 5.10. The first kappa shape index (κ1) is 18.7. The highest BCUT2D eigenvalue weighted by atomic mass is 79.9. The Balaban J connectivity index is 3.21. The molecule has 0 aliphatic heterocycles. The average Bonchev–Trinajstić information content (AvgIpc) is 2.33. The molecule has 2 atom stereocenters. The van der Waals surface area contributed by atoms with E-state index in [1.165, 1.54) is 12.3 Å². The molecule has 1 aromatic heterocycles. The lowest BCUT2D eigenvalue weighted by Gasteiger charge is -2.29. The van der Waals surface area contributed by atoms with E-state index in [0.29, 0.717) is 4.47 Å². The van der Waals surface area contributed by atoms with Crippen LogP contribution in [0.4, 0.5) is 13.2 Å². The molecule has 0 spiro atoms. The standard InChI is InChI=1S/C12H16BrF3N2O2S/c1-11(2,3)21(20)18-10(12(14,15)16)9-7(6-19)4-8(13)5-17-9/h4-5,10,18-19H,6H2,1-3H3/t10-,21?/m1/s1. The molecule has 0 fully saturated rings. The van der Waals surface area contributed by atoms with Crippen LogP contribution in [0.25, 0.3) is 0 Å². The van der Waals surface area contributed by atoms with Crippen molar-refractivity contribution in [1.29, 1.82) is 0 Å². The molecule has 0 aromatic carbocycles. The number of hydrogen-bond donors (Lipinski definition) is 2. The van der Waals surface area contributed by atoms with Crippen molar-refractivity contribution < 1.29 is 22.8 Å². The third-order valence-electron chi connectivity index (χ3n) is 2.52. The van der Waals surface area contributed by atoms with Gasteiger partial charge in [-0.05, 0) is 42.8 Å². The Morgan fingerprint density at radius 3 is 2.43 bits per heavy atom. The van der Waals surface area contributed by atoms with E-state index in [0.717, 1.165) is 0 Å². The van der Waals surface area contributed by atoms with Crippen LogP contribution in [0.2, 0.25) is 0 Å². The van der Waals surface area contributed by atoms with Gasteiger partial charge in [-0.3, -0.25) is 4.98 Å². The first-order chi connectivity index (χ1) is 9.46. The van der Waals surface area contributed by atoms with Crippen LogP contribution in [-0.2, 0) is 18.0 Å². The minimum absolute atomic E-state index is 0.0186. The quantitative estimate of drug-likeness (QED) is 0.777. The monoisotopic (exact) mass is 388 g/mol. The van der Waals surface area contributed by atoms with Gasteiger partial charge in [-0.15, -0.1) is 4.72 Å². The minimum Gasteiger partial charge on any atom is -0.598 e. The Hall–Kier alpha value is -0.350. The SMILES string of the molecule is CC(C)(C)[S+]([O-])N[C@H](c1ncc(Br)cc1CO)C(F)(F)F. The fraction of sp³-hybridized carbons (Fsp3) is 0.583. The number of nitrogens with one attached hydrogen (secondary N) is 1.